The number of aromatic nitrogens is 5. The summed E-state index contributed by atoms with van der Waals surface area (Å²) in [5.74, 6) is -0.639. The van der Waals surface area contributed by atoms with Crippen LogP contribution in [0, 0.1) is 18.7 Å². The molecule has 3 atom stereocenters. The number of pyridine rings is 2. The van der Waals surface area contributed by atoms with Crippen molar-refractivity contribution in [2.45, 2.75) is 167 Å². The lowest BCUT2D eigenvalue weighted by molar-refractivity contribution is -0.142. The van der Waals surface area contributed by atoms with E-state index in [1.807, 2.05) is 21.9 Å². The summed E-state index contributed by atoms with van der Waals surface area (Å²) in [4.78, 5) is 120. The van der Waals surface area contributed by atoms with Crippen LogP contribution in [0.2, 0.25) is 0 Å². The number of rotatable bonds is 22. The summed E-state index contributed by atoms with van der Waals surface area (Å²) in [6.07, 6.45) is 19.4. The van der Waals surface area contributed by atoms with Crippen molar-refractivity contribution in [2.24, 2.45) is 5.92 Å². The zero-order valence-electron chi connectivity index (χ0n) is 46.7. The number of likely N-dealkylation sites (tertiary alicyclic amines) is 1. The van der Waals surface area contributed by atoms with Gasteiger partial charge in [0.1, 0.15) is 40.1 Å². The summed E-state index contributed by atoms with van der Waals surface area (Å²) in [6.45, 7) is 8.05. The third kappa shape index (κ3) is 13.4. The highest BCUT2D eigenvalue weighted by Gasteiger charge is 2.41. The number of carbonyl (C=O) groups is 6. The lowest BCUT2D eigenvalue weighted by Gasteiger charge is -2.36. The van der Waals surface area contributed by atoms with Gasteiger partial charge < -0.3 is 30.2 Å². The number of unbranched alkanes of at least 4 members (excludes halogenated alkanes) is 5. The highest BCUT2D eigenvalue weighted by Crippen LogP contribution is 2.37. The maximum atomic E-state index is 14.5. The van der Waals surface area contributed by atoms with Crippen LogP contribution in [0.15, 0.2) is 59.0 Å². The smallest absolute Gasteiger partial charge is 0.263 e. The Bertz CT molecular complexity index is 3090. The highest BCUT2D eigenvalue weighted by atomic mass is 32.1. The van der Waals surface area contributed by atoms with E-state index in [-0.39, 0.29) is 70.0 Å². The molecule has 18 nitrogen and oxygen atoms in total. The molecule has 0 bridgehead atoms. The number of hydrogen-bond acceptors (Lipinski definition) is 14. The first-order valence-corrected chi connectivity index (χ1v) is 29.9. The van der Waals surface area contributed by atoms with Crippen LogP contribution >= 0.6 is 11.3 Å². The van der Waals surface area contributed by atoms with Gasteiger partial charge in [0.15, 0.2) is 5.78 Å². The number of nitrogens with zero attached hydrogens (tertiary/aromatic N) is 9. The van der Waals surface area contributed by atoms with Gasteiger partial charge in [0, 0.05) is 81.2 Å². The summed E-state index contributed by atoms with van der Waals surface area (Å²) in [5, 5.41) is 9.33. The Morgan fingerprint density at radius 2 is 1.48 bits per heavy atom. The number of thiazole rings is 1. The van der Waals surface area contributed by atoms with Gasteiger partial charge in [0.05, 0.1) is 23.5 Å². The topological polar surface area (TPSA) is 213 Å². The summed E-state index contributed by atoms with van der Waals surface area (Å²) in [6, 6.07) is 7.35. The number of aryl methyl sites for hydroxylation is 1. The van der Waals surface area contributed by atoms with Gasteiger partial charge in [0.2, 0.25) is 35.4 Å². The molecule has 2 saturated carbocycles. The molecule has 80 heavy (non-hydrogen) atoms. The first kappa shape index (κ1) is 57.7. The molecule has 4 fully saturated rings. The Hall–Kier alpha value is -6.96. The van der Waals surface area contributed by atoms with Crippen LogP contribution in [0.4, 0.5) is 21.8 Å². The molecule has 2 unspecified atom stereocenters. The molecular weight excluding hydrogens is 1040 g/mol. The van der Waals surface area contributed by atoms with E-state index in [2.05, 4.69) is 30.5 Å². The molecule has 9 rings (SSSR count). The first-order chi connectivity index (χ1) is 38.7. The largest absolute Gasteiger partial charge is 0.367 e. The van der Waals surface area contributed by atoms with Gasteiger partial charge in [-0.15, -0.1) is 11.3 Å². The fraction of sp³-hybridized carbons (Fsp3) is 0.550. The van der Waals surface area contributed by atoms with E-state index >= 15 is 0 Å². The average molecular weight is 1110 g/mol. The number of anilines is 3. The van der Waals surface area contributed by atoms with Crippen LogP contribution in [0.5, 0.6) is 0 Å². The monoisotopic (exact) mass is 1110 g/mol. The van der Waals surface area contributed by atoms with E-state index in [1.54, 1.807) is 43.2 Å². The molecular formula is C60H76FN11O7S. The molecule has 2 aliphatic heterocycles. The van der Waals surface area contributed by atoms with Gasteiger partial charge in [-0.2, -0.15) is 4.98 Å². The number of piperazine rings is 1. The van der Waals surface area contributed by atoms with Crippen LogP contribution in [-0.2, 0) is 19.2 Å². The molecule has 6 heterocycles. The number of ketones is 2. The van der Waals surface area contributed by atoms with Crippen molar-refractivity contribution in [3.63, 3.8) is 0 Å². The van der Waals surface area contributed by atoms with Crippen molar-refractivity contribution in [3.8, 4) is 0 Å². The maximum absolute atomic E-state index is 14.5. The van der Waals surface area contributed by atoms with Crippen molar-refractivity contribution < 1.29 is 33.2 Å². The molecule has 0 spiro atoms. The molecule has 0 radical (unpaired) electrons. The van der Waals surface area contributed by atoms with Crippen molar-refractivity contribution in [1.82, 2.24) is 44.5 Å². The summed E-state index contributed by atoms with van der Waals surface area (Å²) < 4.78 is 15.2. The number of likely N-dealkylation sites (N-methyl/N-ethyl adjacent to an activating group) is 1. The molecule has 2 N–H and O–H groups in total. The maximum Gasteiger partial charge on any atom is 0.263 e. The quantitative estimate of drug-likeness (QED) is 0.0489. The molecule has 426 valence electrons. The Morgan fingerprint density at radius 1 is 0.787 bits per heavy atom. The summed E-state index contributed by atoms with van der Waals surface area (Å²) in [5.41, 5.74) is 2.56. The van der Waals surface area contributed by atoms with Crippen molar-refractivity contribution >= 4 is 75.0 Å². The lowest BCUT2D eigenvalue weighted by Crippen LogP contribution is -2.56. The molecule has 4 aliphatic rings. The number of Topliss-reactive ketones (excluding diaryl/α,β-unsaturated/α-hetero) is 1. The zero-order chi connectivity index (χ0) is 56.5. The fourth-order valence-corrected chi connectivity index (χ4v) is 13.1. The summed E-state index contributed by atoms with van der Waals surface area (Å²) >= 11 is 1.33. The minimum absolute atomic E-state index is 0.0148. The van der Waals surface area contributed by atoms with E-state index in [0.29, 0.717) is 97.3 Å². The predicted octanol–water partition coefficient (Wildman–Crippen LogP) is 9.43. The predicted molar refractivity (Wildman–Crippen MR) is 306 cm³/mol. The number of nitrogens with one attached hydrogen (secondary N) is 2. The van der Waals surface area contributed by atoms with Gasteiger partial charge in [0.25, 0.3) is 5.56 Å². The zero-order valence-corrected chi connectivity index (χ0v) is 47.5. The van der Waals surface area contributed by atoms with Crippen molar-refractivity contribution in [3.05, 3.63) is 97.7 Å². The molecule has 4 amide bonds. The molecule has 20 heteroatoms. The van der Waals surface area contributed by atoms with E-state index in [0.717, 1.165) is 102 Å². The van der Waals surface area contributed by atoms with Gasteiger partial charge in [-0.05, 0) is 120 Å². The fourth-order valence-electron chi connectivity index (χ4n) is 12.2. The summed E-state index contributed by atoms with van der Waals surface area (Å²) in [7, 11) is 1.65. The van der Waals surface area contributed by atoms with Gasteiger partial charge in [-0.3, -0.25) is 38.1 Å². The number of hydrogen-bond donors (Lipinski definition) is 2. The van der Waals surface area contributed by atoms with Gasteiger partial charge >= 0.3 is 0 Å². The van der Waals surface area contributed by atoms with Crippen LogP contribution in [0.25, 0.3) is 11.0 Å². The van der Waals surface area contributed by atoms with E-state index in [1.165, 1.54) is 47.4 Å². The standard InChI is InChI=1S/C60H76FN11O7S/c1-38-46-36-63-60(67-55(46)72(44-19-14-15-20-44)58(78)52(38)40(3)73)65-49-29-28-45(35-62-49)69-31-33-70(34-32-69)51(75)23-13-8-6-5-7-12-22-50(74)68(4)39(2)56(77)66-53(41-17-10-9-11-18-41)59(79)71-30-16-21-48(71)57-64-47(37-80-57)54(76)42-24-26-43(61)27-25-42/h24-29,35-37,39,41,44,48,53H,5-23,30-34H2,1-4H3,(H,66,77)(H,62,63,65,67)/t39?,48?,53-/m0/s1. The number of amides is 4. The normalized spacial score (nSPS) is 17.9. The Morgan fingerprint density at radius 3 is 2.16 bits per heavy atom. The Labute approximate surface area is 471 Å². The van der Waals surface area contributed by atoms with Crippen molar-refractivity contribution in [1.29, 1.82) is 0 Å². The third-order valence-electron chi connectivity index (χ3n) is 17.0. The number of carbonyl (C=O) groups excluding carboxylic acids is 6. The third-order valence-corrected chi connectivity index (χ3v) is 17.9. The minimum atomic E-state index is -0.776. The van der Waals surface area contributed by atoms with Crippen molar-refractivity contribution in [2.75, 3.05) is 50.0 Å². The molecule has 1 aromatic carbocycles. The van der Waals surface area contributed by atoms with Gasteiger partial charge in [-0.25, -0.2) is 19.3 Å². The van der Waals surface area contributed by atoms with Crippen LogP contribution in [-0.4, -0.2) is 126 Å². The molecule has 2 aliphatic carbocycles. The SMILES string of the molecule is CC(=O)c1c(C)c2cnc(Nc3ccc(N4CCN(C(=O)CCCCCCCCC(=O)N(C)C(C)C(=O)N[C@H](C(=O)N5CCCC5c5nc(C(=O)c6ccc(F)cc6)cs5)C5CCCCC5)CC4)cn3)nc2n(C2CCCC2)c1=O. The van der Waals surface area contributed by atoms with Gasteiger partial charge in [-0.1, -0.05) is 57.8 Å². The molecule has 4 aromatic heterocycles. The number of halogens is 1. The van der Waals surface area contributed by atoms with E-state index in [9.17, 15) is 38.0 Å². The second-order valence-electron chi connectivity index (χ2n) is 22.3. The lowest BCUT2D eigenvalue weighted by atomic mass is 9.83. The minimum Gasteiger partial charge on any atom is -0.367 e. The number of fused-ring (bicyclic) bond motifs is 1. The van der Waals surface area contributed by atoms with E-state index in [4.69, 9.17) is 4.98 Å². The Kier molecular flexibility index (Phi) is 19.1. The molecule has 2 saturated heterocycles. The number of benzene rings is 1. The highest BCUT2D eigenvalue weighted by molar-refractivity contribution is 7.10. The average Bonchev–Trinajstić information content (AvgIpc) is 4.34. The second-order valence-corrected chi connectivity index (χ2v) is 23.2. The van der Waals surface area contributed by atoms with Crippen LogP contribution in [0.1, 0.15) is 185 Å². The Balaban J connectivity index is 0.669. The first-order valence-electron chi connectivity index (χ1n) is 29.0. The van der Waals surface area contributed by atoms with Crippen LogP contribution in [0.3, 0.4) is 0 Å². The second kappa shape index (κ2) is 26.5. The van der Waals surface area contributed by atoms with E-state index < -0.39 is 17.9 Å². The van der Waals surface area contributed by atoms with Crippen LogP contribution < -0.4 is 21.1 Å². The molecule has 5 aromatic rings.